The summed E-state index contributed by atoms with van der Waals surface area (Å²) >= 11 is 0. The summed E-state index contributed by atoms with van der Waals surface area (Å²) in [7, 11) is 0.0129. The molecule has 2 rings (SSSR count). The van der Waals surface area contributed by atoms with Gasteiger partial charge in [-0.1, -0.05) is 81.4 Å². The fourth-order valence-corrected chi connectivity index (χ4v) is 8.15. The number of amides is 1. The molecular formula is C24H33NO5Si. The van der Waals surface area contributed by atoms with Crippen LogP contribution in [-0.4, -0.2) is 62.5 Å². The maximum Gasteiger partial charge on any atom is 0.269 e. The molecule has 0 aliphatic heterocycles. The van der Waals surface area contributed by atoms with Crippen LogP contribution in [0.1, 0.15) is 20.8 Å². The zero-order chi connectivity index (χ0) is 23.1. The number of hydroxylamine groups is 2. The second-order valence-electron chi connectivity index (χ2n) is 8.41. The van der Waals surface area contributed by atoms with E-state index in [1.54, 1.807) is 0 Å². The molecule has 0 aromatic heterocycles. The van der Waals surface area contributed by atoms with Crippen molar-refractivity contribution in [3.05, 3.63) is 72.8 Å². The zero-order valence-electron chi connectivity index (χ0n) is 18.9. The minimum Gasteiger partial charge on any atom is -0.405 e. The number of hydrogen-bond donors (Lipinski definition) is 2. The highest BCUT2D eigenvalue weighted by molar-refractivity contribution is 6.99. The molecule has 7 heteroatoms. The lowest BCUT2D eigenvalue weighted by Crippen LogP contribution is -2.67. The molecule has 2 atom stereocenters. The summed E-state index contributed by atoms with van der Waals surface area (Å²) in [6.07, 6.45) is -0.0387. The summed E-state index contributed by atoms with van der Waals surface area (Å²) in [6.45, 7) is 6.34. The van der Waals surface area contributed by atoms with Gasteiger partial charge in [0, 0.05) is 13.1 Å². The Morgan fingerprint density at radius 2 is 1.52 bits per heavy atom. The molecule has 0 saturated heterocycles. The third-order valence-corrected chi connectivity index (χ3v) is 10.3. The van der Waals surface area contributed by atoms with Crippen LogP contribution in [0.2, 0.25) is 5.04 Å². The number of carbonyl (C=O) groups excluding carboxylic acids is 1. The minimum atomic E-state index is -2.82. The highest BCUT2D eigenvalue weighted by atomic mass is 28.4. The first-order valence-electron chi connectivity index (χ1n) is 10.2. The van der Waals surface area contributed by atoms with Crippen molar-refractivity contribution in [1.29, 1.82) is 0 Å². The second kappa shape index (κ2) is 10.8. The van der Waals surface area contributed by atoms with Crippen molar-refractivity contribution >= 4 is 24.6 Å². The molecule has 0 bridgehead atoms. The molecule has 0 aliphatic rings. The second-order valence-corrected chi connectivity index (χ2v) is 12.7. The van der Waals surface area contributed by atoms with Gasteiger partial charge in [0.1, 0.15) is 12.2 Å². The molecule has 31 heavy (non-hydrogen) atoms. The van der Waals surface area contributed by atoms with Crippen molar-refractivity contribution in [3.8, 4) is 0 Å². The number of hydrogen-bond acceptors (Lipinski definition) is 5. The van der Waals surface area contributed by atoms with Crippen molar-refractivity contribution < 1.29 is 24.3 Å². The van der Waals surface area contributed by atoms with E-state index in [4.69, 9.17) is 9.26 Å². The maximum absolute atomic E-state index is 11.8. The van der Waals surface area contributed by atoms with Crippen LogP contribution in [0.3, 0.4) is 0 Å². The summed E-state index contributed by atoms with van der Waals surface area (Å²) < 4.78 is 6.60. The van der Waals surface area contributed by atoms with Crippen molar-refractivity contribution in [1.82, 2.24) is 5.06 Å². The quantitative estimate of drug-likeness (QED) is 0.351. The third kappa shape index (κ3) is 5.90. The van der Waals surface area contributed by atoms with Crippen LogP contribution in [-0.2, 0) is 14.1 Å². The maximum atomic E-state index is 11.8. The number of likely N-dealkylation sites (N-methyl/N-ethyl adjacent to an activating group) is 1. The van der Waals surface area contributed by atoms with Gasteiger partial charge >= 0.3 is 0 Å². The first-order chi connectivity index (χ1) is 14.6. The van der Waals surface area contributed by atoms with Gasteiger partial charge in [-0.05, 0) is 21.5 Å². The first-order valence-corrected chi connectivity index (χ1v) is 12.2. The van der Waals surface area contributed by atoms with E-state index in [0.717, 1.165) is 15.4 Å². The number of benzene rings is 2. The number of nitrogens with zero attached hydrogens (tertiary/aromatic N) is 1. The first kappa shape index (κ1) is 25.0. The summed E-state index contributed by atoms with van der Waals surface area (Å²) in [6, 6.07) is 20.1. The van der Waals surface area contributed by atoms with E-state index in [1.165, 1.54) is 26.3 Å². The Morgan fingerprint density at radius 1 is 1.03 bits per heavy atom. The fourth-order valence-electron chi connectivity index (χ4n) is 3.57. The summed E-state index contributed by atoms with van der Waals surface area (Å²) in [5, 5.41) is 23.9. The molecular weight excluding hydrogens is 410 g/mol. The lowest BCUT2D eigenvalue weighted by molar-refractivity contribution is -0.162. The molecule has 2 aromatic carbocycles. The molecule has 6 nitrogen and oxygen atoms in total. The summed E-state index contributed by atoms with van der Waals surface area (Å²) in [5.74, 6) is -0.443. The van der Waals surface area contributed by atoms with Gasteiger partial charge in [0.05, 0.1) is 13.7 Å². The van der Waals surface area contributed by atoms with Crippen LogP contribution in [0.25, 0.3) is 0 Å². The lowest BCUT2D eigenvalue weighted by atomic mass is 10.2. The molecule has 0 saturated carbocycles. The highest BCUT2D eigenvalue weighted by Crippen LogP contribution is 2.36. The molecule has 0 aliphatic carbocycles. The van der Waals surface area contributed by atoms with Gasteiger partial charge in [0.15, 0.2) is 0 Å². The van der Waals surface area contributed by atoms with Crippen LogP contribution in [0.4, 0.5) is 0 Å². The predicted molar refractivity (Wildman–Crippen MR) is 125 cm³/mol. The summed E-state index contributed by atoms with van der Waals surface area (Å²) in [5.41, 5.74) is 0. The molecule has 1 amide bonds. The summed E-state index contributed by atoms with van der Waals surface area (Å²) in [4.78, 5) is 16.6. The van der Waals surface area contributed by atoms with Crippen molar-refractivity contribution in [3.63, 3.8) is 0 Å². The Labute approximate surface area is 185 Å². The molecule has 2 N–H and O–H groups in total. The molecule has 0 fully saturated rings. The van der Waals surface area contributed by atoms with Gasteiger partial charge in [-0.25, -0.2) is 5.06 Å². The van der Waals surface area contributed by atoms with Crippen LogP contribution in [0, 0.1) is 0 Å². The van der Waals surface area contributed by atoms with Crippen molar-refractivity contribution in [2.75, 3.05) is 20.8 Å². The Hall–Kier alpha value is -2.29. The predicted octanol–water partition coefficient (Wildman–Crippen LogP) is 1.86. The minimum absolute atomic E-state index is 0.0763. The average molecular weight is 444 g/mol. The van der Waals surface area contributed by atoms with Gasteiger partial charge < -0.3 is 14.6 Å². The van der Waals surface area contributed by atoms with Gasteiger partial charge in [0.25, 0.3) is 14.2 Å². The van der Waals surface area contributed by atoms with Gasteiger partial charge in [-0.15, -0.1) is 0 Å². The largest absolute Gasteiger partial charge is 0.405 e. The standard InChI is InChI=1S/C24H33NO5Si/c1-24(2,3)31(19-12-8-6-9-13-19,20-14-10-7-11-15-20)30-18-22(27)21(26)16-17-23(28)25(4)29-5/h6-17,21-22,26-27H,18H2,1-5H3/b17-16-/t21-,22-/m1/s1. The van der Waals surface area contributed by atoms with E-state index in [-0.39, 0.29) is 11.6 Å². The highest BCUT2D eigenvalue weighted by Gasteiger charge is 2.50. The van der Waals surface area contributed by atoms with E-state index < -0.39 is 26.4 Å². The van der Waals surface area contributed by atoms with Crippen LogP contribution < -0.4 is 10.4 Å². The molecule has 2 aromatic rings. The van der Waals surface area contributed by atoms with Crippen molar-refractivity contribution in [2.45, 2.75) is 38.0 Å². The van der Waals surface area contributed by atoms with Crippen molar-refractivity contribution in [2.24, 2.45) is 0 Å². The van der Waals surface area contributed by atoms with E-state index in [2.05, 4.69) is 45.0 Å². The number of aliphatic hydroxyl groups is 2. The normalized spacial score (nSPS) is 14.4. The Kier molecular flexibility index (Phi) is 8.73. The smallest absolute Gasteiger partial charge is 0.269 e. The van der Waals surface area contributed by atoms with E-state index in [1.807, 2.05) is 36.4 Å². The SMILES string of the molecule is CON(C)C(=O)/C=C\[C@@H](O)[C@H](O)CO[Si](c1ccccc1)(c1ccccc1)C(C)(C)C. The fraction of sp³-hybridized carbons (Fsp3) is 0.375. The number of rotatable bonds is 9. The average Bonchev–Trinajstić information content (AvgIpc) is 2.77. The lowest BCUT2D eigenvalue weighted by Gasteiger charge is -2.43. The van der Waals surface area contributed by atoms with E-state index in [0.29, 0.717) is 0 Å². The topological polar surface area (TPSA) is 79.2 Å². The third-order valence-electron chi connectivity index (χ3n) is 5.30. The van der Waals surface area contributed by atoms with Crippen LogP contribution in [0.5, 0.6) is 0 Å². The van der Waals surface area contributed by atoms with Gasteiger partial charge in [-0.2, -0.15) is 0 Å². The molecule has 168 valence electrons. The number of aliphatic hydroxyl groups excluding tert-OH is 2. The Bertz CT molecular complexity index is 812. The van der Waals surface area contributed by atoms with E-state index in [9.17, 15) is 15.0 Å². The Morgan fingerprint density at radius 3 is 1.94 bits per heavy atom. The molecule has 0 unspecified atom stereocenters. The number of carbonyl (C=O) groups is 1. The van der Waals surface area contributed by atoms with Gasteiger partial charge in [0.2, 0.25) is 0 Å². The van der Waals surface area contributed by atoms with Crippen LogP contribution in [0.15, 0.2) is 72.8 Å². The van der Waals surface area contributed by atoms with Crippen LogP contribution >= 0.6 is 0 Å². The molecule has 0 heterocycles. The monoisotopic (exact) mass is 443 g/mol. The Balaban J connectivity index is 2.33. The zero-order valence-corrected chi connectivity index (χ0v) is 19.9. The molecule has 0 radical (unpaired) electrons. The van der Waals surface area contributed by atoms with Gasteiger partial charge in [-0.3, -0.25) is 9.63 Å². The molecule has 0 spiro atoms. The van der Waals surface area contributed by atoms with E-state index >= 15 is 0 Å².